The molecule has 1 fully saturated rings. The Labute approximate surface area is 168 Å². The number of sulfonamides is 1. The number of piperidine rings is 1. The molecule has 2 aromatic rings. The lowest BCUT2D eigenvalue weighted by molar-refractivity contribution is 0.0511. The van der Waals surface area contributed by atoms with Crippen LogP contribution in [0.25, 0.3) is 0 Å². The summed E-state index contributed by atoms with van der Waals surface area (Å²) in [7, 11) is -2.11. The van der Waals surface area contributed by atoms with Crippen molar-refractivity contribution in [1.82, 2.24) is 4.90 Å². The average Bonchev–Trinajstić information content (AvgIpc) is 2.67. The molecule has 1 amide bonds. The maximum atomic E-state index is 12.9. The molecule has 2 atom stereocenters. The number of nitrogens with zero attached hydrogens (tertiary/aromatic N) is 2. The fourth-order valence-corrected chi connectivity index (χ4v) is 4.99. The van der Waals surface area contributed by atoms with Crippen molar-refractivity contribution in [2.75, 3.05) is 11.4 Å². The lowest BCUT2D eigenvalue weighted by atomic mass is 9.96. The molecule has 6 heteroatoms. The Morgan fingerprint density at radius 2 is 1.50 bits per heavy atom. The van der Waals surface area contributed by atoms with Gasteiger partial charge in [-0.25, -0.2) is 8.42 Å². The molecule has 28 heavy (non-hydrogen) atoms. The van der Waals surface area contributed by atoms with E-state index in [0.29, 0.717) is 11.3 Å². The minimum atomic E-state index is -3.64. The van der Waals surface area contributed by atoms with Crippen LogP contribution in [-0.2, 0) is 10.0 Å². The third kappa shape index (κ3) is 3.92. The lowest BCUT2D eigenvalue weighted by Gasteiger charge is -2.39. The van der Waals surface area contributed by atoms with E-state index in [9.17, 15) is 13.2 Å². The van der Waals surface area contributed by atoms with Gasteiger partial charge in [0, 0.05) is 24.7 Å². The van der Waals surface area contributed by atoms with Crippen LogP contribution in [0, 0.1) is 6.92 Å². The van der Waals surface area contributed by atoms with Crippen molar-refractivity contribution in [2.45, 2.75) is 57.0 Å². The second-order valence-corrected chi connectivity index (χ2v) is 9.64. The SMILES string of the molecule is Cc1ccc(S(=O)(=O)N(C)c2ccc(C(=O)N3C(C)CCCC3C)cc2)cc1. The third-order valence-electron chi connectivity index (χ3n) is 5.59. The molecule has 150 valence electrons. The Morgan fingerprint density at radius 3 is 2.04 bits per heavy atom. The predicted molar refractivity (Wildman–Crippen MR) is 112 cm³/mol. The summed E-state index contributed by atoms with van der Waals surface area (Å²) in [6.45, 7) is 6.09. The van der Waals surface area contributed by atoms with Crippen LogP contribution in [0.3, 0.4) is 0 Å². The van der Waals surface area contributed by atoms with Crippen LogP contribution in [0.5, 0.6) is 0 Å². The fraction of sp³-hybridized carbons (Fsp3) is 0.409. The van der Waals surface area contributed by atoms with Crippen LogP contribution >= 0.6 is 0 Å². The summed E-state index contributed by atoms with van der Waals surface area (Å²) in [5.41, 5.74) is 2.12. The van der Waals surface area contributed by atoms with E-state index in [1.54, 1.807) is 48.5 Å². The van der Waals surface area contributed by atoms with Crippen molar-refractivity contribution < 1.29 is 13.2 Å². The number of hydrogen-bond acceptors (Lipinski definition) is 3. The smallest absolute Gasteiger partial charge is 0.264 e. The highest BCUT2D eigenvalue weighted by Crippen LogP contribution is 2.26. The highest BCUT2D eigenvalue weighted by molar-refractivity contribution is 7.92. The van der Waals surface area contributed by atoms with Gasteiger partial charge in [-0.15, -0.1) is 0 Å². The molecule has 0 bridgehead atoms. The zero-order valence-corrected chi connectivity index (χ0v) is 17.7. The molecule has 2 unspecified atom stereocenters. The summed E-state index contributed by atoms with van der Waals surface area (Å²) in [5, 5.41) is 0. The largest absolute Gasteiger partial charge is 0.333 e. The number of carbonyl (C=O) groups is 1. The van der Waals surface area contributed by atoms with Crippen LogP contribution in [0.2, 0.25) is 0 Å². The van der Waals surface area contributed by atoms with Gasteiger partial charge in [0.25, 0.3) is 15.9 Å². The first kappa shape index (κ1) is 20.4. The van der Waals surface area contributed by atoms with E-state index in [2.05, 4.69) is 13.8 Å². The molecular formula is C22H28N2O3S. The highest BCUT2D eigenvalue weighted by Gasteiger charge is 2.29. The number of likely N-dealkylation sites (tertiary alicyclic amines) is 1. The molecule has 5 nitrogen and oxygen atoms in total. The molecule has 1 aliphatic heterocycles. The van der Waals surface area contributed by atoms with Crippen molar-refractivity contribution in [3.8, 4) is 0 Å². The van der Waals surface area contributed by atoms with E-state index in [4.69, 9.17) is 0 Å². The lowest BCUT2D eigenvalue weighted by Crippen LogP contribution is -2.47. The Kier molecular flexibility index (Phi) is 5.79. The number of carbonyl (C=O) groups excluding carboxylic acids is 1. The van der Waals surface area contributed by atoms with E-state index in [0.717, 1.165) is 24.8 Å². The van der Waals surface area contributed by atoms with Crippen molar-refractivity contribution in [2.24, 2.45) is 0 Å². The number of benzene rings is 2. The van der Waals surface area contributed by atoms with E-state index in [-0.39, 0.29) is 22.9 Å². The molecule has 0 radical (unpaired) electrons. The summed E-state index contributed by atoms with van der Waals surface area (Å²) >= 11 is 0. The van der Waals surface area contributed by atoms with Crippen molar-refractivity contribution in [3.63, 3.8) is 0 Å². The van der Waals surface area contributed by atoms with Gasteiger partial charge < -0.3 is 4.90 Å². The number of hydrogen-bond donors (Lipinski definition) is 0. The maximum Gasteiger partial charge on any atom is 0.264 e. The van der Waals surface area contributed by atoms with Crippen LogP contribution in [-0.4, -0.2) is 38.4 Å². The Morgan fingerprint density at radius 1 is 0.964 bits per heavy atom. The molecule has 0 aromatic heterocycles. The summed E-state index contributed by atoms with van der Waals surface area (Å²) in [5.74, 6) is 0.00953. The zero-order valence-electron chi connectivity index (χ0n) is 16.9. The molecule has 2 aromatic carbocycles. The molecule has 1 aliphatic rings. The van der Waals surface area contributed by atoms with Gasteiger partial charge in [-0.05, 0) is 76.4 Å². The quantitative estimate of drug-likeness (QED) is 0.772. The van der Waals surface area contributed by atoms with Crippen molar-refractivity contribution in [1.29, 1.82) is 0 Å². The summed E-state index contributed by atoms with van der Waals surface area (Å²) in [6.07, 6.45) is 3.18. The molecule has 1 saturated heterocycles. The minimum Gasteiger partial charge on any atom is -0.333 e. The van der Waals surface area contributed by atoms with Gasteiger partial charge in [0.05, 0.1) is 10.6 Å². The summed E-state index contributed by atoms with van der Waals surface area (Å²) in [4.78, 5) is 15.1. The standard InChI is InChI=1S/C22H28N2O3S/c1-16-8-14-21(15-9-16)28(26,27)23(4)20-12-10-19(11-13-20)22(25)24-17(2)6-5-7-18(24)3/h8-15,17-18H,5-7H2,1-4H3. The van der Waals surface area contributed by atoms with E-state index in [1.807, 2.05) is 11.8 Å². The van der Waals surface area contributed by atoms with Crippen LogP contribution < -0.4 is 4.31 Å². The Bertz CT molecular complexity index is 927. The average molecular weight is 401 g/mol. The first-order valence-electron chi connectivity index (χ1n) is 9.70. The van der Waals surface area contributed by atoms with Gasteiger partial charge >= 0.3 is 0 Å². The van der Waals surface area contributed by atoms with Crippen molar-refractivity contribution >= 4 is 21.6 Å². The molecule has 0 spiro atoms. The zero-order chi connectivity index (χ0) is 20.5. The topological polar surface area (TPSA) is 57.7 Å². The molecule has 3 rings (SSSR count). The number of aryl methyl sites for hydroxylation is 1. The highest BCUT2D eigenvalue weighted by atomic mass is 32.2. The fourth-order valence-electron chi connectivity index (χ4n) is 3.79. The van der Waals surface area contributed by atoms with Gasteiger partial charge in [-0.2, -0.15) is 0 Å². The number of anilines is 1. The first-order valence-corrected chi connectivity index (χ1v) is 11.1. The normalized spacial score (nSPS) is 20.1. The predicted octanol–water partition coefficient (Wildman–Crippen LogP) is 4.22. The Balaban J connectivity index is 1.82. The molecule has 1 heterocycles. The van der Waals surface area contributed by atoms with Gasteiger partial charge in [0.1, 0.15) is 0 Å². The van der Waals surface area contributed by atoms with E-state index >= 15 is 0 Å². The number of rotatable bonds is 4. The van der Waals surface area contributed by atoms with Gasteiger partial charge in [-0.1, -0.05) is 17.7 Å². The van der Waals surface area contributed by atoms with Crippen LogP contribution in [0.15, 0.2) is 53.4 Å². The second-order valence-electron chi connectivity index (χ2n) is 7.67. The molecular weight excluding hydrogens is 372 g/mol. The van der Waals surface area contributed by atoms with Gasteiger partial charge in [0.15, 0.2) is 0 Å². The summed E-state index contributed by atoms with van der Waals surface area (Å²) in [6, 6.07) is 14.0. The third-order valence-corrected chi connectivity index (χ3v) is 7.39. The maximum absolute atomic E-state index is 12.9. The van der Waals surface area contributed by atoms with Gasteiger partial charge in [0.2, 0.25) is 0 Å². The summed E-state index contributed by atoms with van der Waals surface area (Å²) < 4.78 is 26.9. The minimum absolute atomic E-state index is 0.00953. The Hall–Kier alpha value is -2.34. The van der Waals surface area contributed by atoms with Gasteiger partial charge in [-0.3, -0.25) is 9.10 Å². The second kappa shape index (κ2) is 7.95. The number of amides is 1. The molecule has 0 N–H and O–H groups in total. The van der Waals surface area contributed by atoms with Crippen LogP contribution in [0.4, 0.5) is 5.69 Å². The van der Waals surface area contributed by atoms with Crippen molar-refractivity contribution in [3.05, 3.63) is 59.7 Å². The molecule has 0 aliphatic carbocycles. The first-order chi connectivity index (χ1) is 13.2. The van der Waals surface area contributed by atoms with Crippen LogP contribution in [0.1, 0.15) is 49.0 Å². The van der Waals surface area contributed by atoms with E-state index in [1.165, 1.54) is 11.4 Å². The van der Waals surface area contributed by atoms with E-state index < -0.39 is 10.0 Å². The molecule has 0 saturated carbocycles. The monoisotopic (exact) mass is 400 g/mol.